The zero-order valence-electron chi connectivity index (χ0n) is 10.7. The van der Waals surface area contributed by atoms with Crippen LogP contribution in [0.25, 0.3) is 10.9 Å². The molecule has 1 aliphatic heterocycles. The van der Waals surface area contributed by atoms with Gasteiger partial charge in [0.05, 0.1) is 19.3 Å². The van der Waals surface area contributed by atoms with Crippen molar-refractivity contribution in [1.29, 1.82) is 0 Å². The number of fused-ring (bicyclic) bond motifs is 3. The molecule has 102 valence electrons. The van der Waals surface area contributed by atoms with Crippen LogP contribution < -0.4 is 15.2 Å². The van der Waals surface area contributed by atoms with Crippen LogP contribution in [0.3, 0.4) is 0 Å². The fourth-order valence-corrected chi connectivity index (χ4v) is 2.24. The average Bonchev–Trinajstić information content (AvgIpc) is 2.81. The normalized spacial score (nSPS) is 19.6. The number of aliphatic hydroxyl groups is 1. The third kappa shape index (κ3) is 2.13. The molecule has 19 heavy (non-hydrogen) atoms. The number of rotatable bonds is 3. The zero-order valence-corrected chi connectivity index (χ0v) is 10.7. The van der Waals surface area contributed by atoms with Gasteiger partial charge in [-0.15, -0.1) is 0 Å². The van der Waals surface area contributed by atoms with Gasteiger partial charge in [-0.2, -0.15) is 5.10 Å². The van der Waals surface area contributed by atoms with E-state index in [1.165, 1.54) is 0 Å². The fourth-order valence-electron chi connectivity index (χ4n) is 2.24. The Bertz CT molecular complexity index is 594. The van der Waals surface area contributed by atoms with Gasteiger partial charge in [-0.3, -0.25) is 4.68 Å². The minimum atomic E-state index is -0.336. The standard InChI is InChI=1S/C13H17N3O3/c1-8(14)5-16-12-9(4-15-16)2-3-11-13(12)19-10(6-17)7-18-11/h2-4,8,10,17H,5-7,14H2,1H3/t8-,10+/m0/s1. The van der Waals surface area contributed by atoms with Gasteiger partial charge in [0.25, 0.3) is 0 Å². The molecule has 6 nitrogen and oxygen atoms in total. The third-order valence-electron chi connectivity index (χ3n) is 3.09. The molecule has 0 fully saturated rings. The molecular weight excluding hydrogens is 246 g/mol. The first-order chi connectivity index (χ1) is 9.19. The van der Waals surface area contributed by atoms with E-state index in [0.29, 0.717) is 24.7 Å². The summed E-state index contributed by atoms with van der Waals surface area (Å²) in [7, 11) is 0. The summed E-state index contributed by atoms with van der Waals surface area (Å²) in [5, 5.41) is 14.5. The van der Waals surface area contributed by atoms with E-state index in [-0.39, 0.29) is 18.8 Å². The van der Waals surface area contributed by atoms with E-state index < -0.39 is 0 Å². The maximum atomic E-state index is 9.21. The number of hydrogen-bond donors (Lipinski definition) is 2. The molecule has 0 aliphatic carbocycles. The van der Waals surface area contributed by atoms with Crippen LogP contribution in [-0.4, -0.2) is 40.2 Å². The molecule has 2 atom stereocenters. The van der Waals surface area contributed by atoms with Gasteiger partial charge in [0.15, 0.2) is 17.6 Å². The number of nitrogens with zero attached hydrogens (tertiary/aromatic N) is 2. The van der Waals surface area contributed by atoms with Crippen LogP contribution in [0.4, 0.5) is 0 Å². The summed E-state index contributed by atoms with van der Waals surface area (Å²) in [6, 6.07) is 3.81. The molecule has 1 aromatic heterocycles. The molecule has 2 heterocycles. The van der Waals surface area contributed by atoms with Crippen molar-refractivity contribution < 1.29 is 14.6 Å². The van der Waals surface area contributed by atoms with Crippen LogP contribution in [-0.2, 0) is 6.54 Å². The summed E-state index contributed by atoms with van der Waals surface area (Å²) in [5.41, 5.74) is 6.70. The first-order valence-electron chi connectivity index (χ1n) is 6.33. The van der Waals surface area contributed by atoms with Crippen molar-refractivity contribution in [2.24, 2.45) is 5.73 Å². The Morgan fingerprint density at radius 2 is 2.42 bits per heavy atom. The van der Waals surface area contributed by atoms with Crippen LogP contribution in [0.15, 0.2) is 18.3 Å². The Balaban J connectivity index is 2.11. The molecule has 0 amide bonds. The van der Waals surface area contributed by atoms with E-state index in [2.05, 4.69) is 5.10 Å². The number of aromatic nitrogens is 2. The number of nitrogens with two attached hydrogens (primary N) is 1. The summed E-state index contributed by atoms with van der Waals surface area (Å²) < 4.78 is 13.2. The van der Waals surface area contributed by atoms with E-state index in [9.17, 15) is 5.11 Å². The van der Waals surface area contributed by atoms with Gasteiger partial charge in [-0.25, -0.2) is 0 Å². The molecule has 3 N–H and O–H groups in total. The fraction of sp³-hybridized carbons (Fsp3) is 0.462. The molecule has 2 aromatic rings. The lowest BCUT2D eigenvalue weighted by molar-refractivity contribution is 0.0468. The van der Waals surface area contributed by atoms with Crippen molar-refractivity contribution in [1.82, 2.24) is 9.78 Å². The highest BCUT2D eigenvalue weighted by atomic mass is 16.6. The highest BCUT2D eigenvalue weighted by Gasteiger charge is 2.24. The third-order valence-corrected chi connectivity index (χ3v) is 3.09. The van der Waals surface area contributed by atoms with Gasteiger partial charge < -0.3 is 20.3 Å². The predicted octanol–water partition coefficient (Wildman–Crippen LogP) is 0.516. The molecule has 0 saturated heterocycles. The molecule has 0 bridgehead atoms. The van der Waals surface area contributed by atoms with Crippen molar-refractivity contribution in [2.45, 2.75) is 25.6 Å². The molecular formula is C13H17N3O3. The van der Waals surface area contributed by atoms with E-state index in [4.69, 9.17) is 15.2 Å². The summed E-state index contributed by atoms with van der Waals surface area (Å²) in [5.74, 6) is 1.32. The van der Waals surface area contributed by atoms with Crippen molar-refractivity contribution >= 4 is 10.9 Å². The van der Waals surface area contributed by atoms with Crippen molar-refractivity contribution in [3.8, 4) is 11.5 Å². The van der Waals surface area contributed by atoms with E-state index in [1.54, 1.807) is 6.20 Å². The lowest BCUT2D eigenvalue weighted by Crippen LogP contribution is -2.32. The van der Waals surface area contributed by atoms with E-state index in [1.807, 2.05) is 23.7 Å². The molecule has 1 aromatic carbocycles. The monoisotopic (exact) mass is 263 g/mol. The van der Waals surface area contributed by atoms with Gasteiger partial charge in [0.2, 0.25) is 0 Å². The Morgan fingerprint density at radius 3 is 3.16 bits per heavy atom. The van der Waals surface area contributed by atoms with Crippen molar-refractivity contribution in [2.75, 3.05) is 13.2 Å². The molecule has 1 aliphatic rings. The van der Waals surface area contributed by atoms with E-state index in [0.717, 1.165) is 10.9 Å². The van der Waals surface area contributed by atoms with Gasteiger partial charge in [-0.1, -0.05) is 0 Å². The van der Waals surface area contributed by atoms with Gasteiger partial charge in [0.1, 0.15) is 12.1 Å². The molecule has 0 spiro atoms. The zero-order chi connectivity index (χ0) is 13.4. The van der Waals surface area contributed by atoms with Gasteiger partial charge >= 0.3 is 0 Å². The van der Waals surface area contributed by atoms with Crippen LogP contribution in [0, 0.1) is 0 Å². The molecule has 6 heteroatoms. The number of hydrogen-bond acceptors (Lipinski definition) is 5. The Hall–Kier alpha value is -1.79. The SMILES string of the molecule is C[C@H](N)Cn1ncc2ccc3c(c21)O[C@H](CO)CO3. The van der Waals surface area contributed by atoms with Gasteiger partial charge in [0, 0.05) is 11.4 Å². The molecule has 0 saturated carbocycles. The quantitative estimate of drug-likeness (QED) is 0.843. The number of benzene rings is 1. The van der Waals surface area contributed by atoms with Crippen molar-refractivity contribution in [3.63, 3.8) is 0 Å². The Labute approximate surface area is 110 Å². The molecule has 3 rings (SSSR count). The molecule has 0 unspecified atom stereocenters. The largest absolute Gasteiger partial charge is 0.486 e. The number of ether oxygens (including phenoxy) is 2. The second kappa shape index (κ2) is 4.71. The first kappa shape index (κ1) is 12.3. The molecule has 0 radical (unpaired) electrons. The first-order valence-corrected chi connectivity index (χ1v) is 6.33. The highest BCUT2D eigenvalue weighted by molar-refractivity contribution is 5.87. The second-order valence-corrected chi connectivity index (χ2v) is 4.87. The summed E-state index contributed by atoms with van der Waals surface area (Å²) in [6.07, 6.45) is 1.45. The maximum absolute atomic E-state index is 9.21. The lowest BCUT2D eigenvalue weighted by Gasteiger charge is -2.26. The summed E-state index contributed by atoms with van der Waals surface area (Å²) >= 11 is 0. The smallest absolute Gasteiger partial charge is 0.187 e. The minimum absolute atomic E-state index is 0.00268. The topological polar surface area (TPSA) is 82.5 Å². The summed E-state index contributed by atoms with van der Waals surface area (Å²) in [6.45, 7) is 2.82. The Kier molecular flexibility index (Phi) is 3.04. The van der Waals surface area contributed by atoms with Crippen molar-refractivity contribution in [3.05, 3.63) is 18.3 Å². The van der Waals surface area contributed by atoms with Crippen LogP contribution >= 0.6 is 0 Å². The van der Waals surface area contributed by atoms with Gasteiger partial charge in [-0.05, 0) is 19.1 Å². The Morgan fingerprint density at radius 1 is 1.58 bits per heavy atom. The van der Waals surface area contributed by atoms with Crippen LogP contribution in [0.1, 0.15) is 6.92 Å². The highest BCUT2D eigenvalue weighted by Crippen LogP contribution is 2.38. The minimum Gasteiger partial charge on any atom is -0.486 e. The lowest BCUT2D eigenvalue weighted by atomic mass is 10.2. The summed E-state index contributed by atoms with van der Waals surface area (Å²) in [4.78, 5) is 0. The maximum Gasteiger partial charge on any atom is 0.187 e. The predicted molar refractivity (Wildman–Crippen MR) is 70.4 cm³/mol. The van der Waals surface area contributed by atoms with Crippen LogP contribution in [0.5, 0.6) is 11.5 Å². The second-order valence-electron chi connectivity index (χ2n) is 4.87. The number of aliphatic hydroxyl groups excluding tert-OH is 1. The van der Waals surface area contributed by atoms with Crippen LogP contribution in [0.2, 0.25) is 0 Å². The van der Waals surface area contributed by atoms with E-state index >= 15 is 0 Å². The average molecular weight is 263 g/mol.